The standard InChI is InChI=1S/C14H27NO2/c1-5-15-13(17)11-9-7-6-8-10-12(16)14(2,3)4/h5-11H2,1-4H3,(H,15,17). The van der Waals surface area contributed by atoms with E-state index >= 15 is 0 Å². The molecule has 0 aliphatic carbocycles. The predicted octanol–water partition coefficient (Wildman–Crippen LogP) is 3.08. The van der Waals surface area contributed by atoms with Gasteiger partial charge >= 0.3 is 0 Å². The molecule has 0 atom stereocenters. The van der Waals surface area contributed by atoms with Gasteiger partial charge in [-0.2, -0.15) is 0 Å². The number of rotatable bonds is 8. The van der Waals surface area contributed by atoms with Crippen molar-refractivity contribution in [2.75, 3.05) is 6.54 Å². The highest BCUT2D eigenvalue weighted by atomic mass is 16.1. The second-order valence-electron chi connectivity index (χ2n) is 5.54. The summed E-state index contributed by atoms with van der Waals surface area (Å²) in [4.78, 5) is 22.8. The first-order valence-corrected chi connectivity index (χ1v) is 6.68. The van der Waals surface area contributed by atoms with Crippen molar-refractivity contribution in [2.24, 2.45) is 5.41 Å². The van der Waals surface area contributed by atoms with E-state index < -0.39 is 0 Å². The molecule has 0 fully saturated rings. The monoisotopic (exact) mass is 241 g/mol. The molecule has 0 aromatic heterocycles. The molecule has 1 amide bonds. The Morgan fingerprint density at radius 2 is 1.47 bits per heavy atom. The van der Waals surface area contributed by atoms with Gasteiger partial charge in [0.05, 0.1) is 0 Å². The topological polar surface area (TPSA) is 46.2 Å². The minimum Gasteiger partial charge on any atom is -0.356 e. The molecule has 0 aromatic rings. The SMILES string of the molecule is CCNC(=O)CCCCCCC(=O)C(C)(C)C. The van der Waals surface area contributed by atoms with Crippen LogP contribution >= 0.6 is 0 Å². The highest BCUT2D eigenvalue weighted by molar-refractivity contribution is 5.83. The van der Waals surface area contributed by atoms with Gasteiger partial charge in [-0.1, -0.05) is 33.6 Å². The first kappa shape index (κ1) is 16.1. The van der Waals surface area contributed by atoms with Crippen LogP contribution in [0, 0.1) is 5.41 Å². The highest BCUT2D eigenvalue weighted by Gasteiger charge is 2.19. The fraction of sp³-hybridized carbons (Fsp3) is 0.857. The summed E-state index contributed by atoms with van der Waals surface area (Å²) >= 11 is 0. The molecule has 3 heteroatoms. The number of carbonyl (C=O) groups is 2. The maximum absolute atomic E-state index is 11.6. The van der Waals surface area contributed by atoms with Gasteiger partial charge < -0.3 is 5.32 Å². The van der Waals surface area contributed by atoms with E-state index in [0.29, 0.717) is 25.2 Å². The minimum atomic E-state index is -0.207. The highest BCUT2D eigenvalue weighted by Crippen LogP contribution is 2.18. The first-order valence-electron chi connectivity index (χ1n) is 6.68. The lowest BCUT2D eigenvalue weighted by molar-refractivity contribution is -0.126. The van der Waals surface area contributed by atoms with E-state index in [-0.39, 0.29) is 11.3 Å². The van der Waals surface area contributed by atoms with Crippen molar-refractivity contribution in [3.8, 4) is 0 Å². The summed E-state index contributed by atoms with van der Waals surface area (Å²) in [7, 11) is 0. The van der Waals surface area contributed by atoms with Gasteiger partial charge in [0.15, 0.2) is 0 Å². The summed E-state index contributed by atoms with van der Waals surface area (Å²) in [6.07, 6.45) is 5.24. The summed E-state index contributed by atoms with van der Waals surface area (Å²) in [6.45, 7) is 8.52. The number of Topliss-reactive ketones (excluding diaryl/α,β-unsaturated/α-hetero) is 1. The Labute approximate surface area is 105 Å². The molecule has 0 aliphatic heterocycles. The van der Waals surface area contributed by atoms with Crippen molar-refractivity contribution in [1.29, 1.82) is 0 Å². The van der Waals surface area contributed by atoms with Crippen LogP contribution in [0.25, 0.3) is 0 Å². The van der Waals surface area contributed by atoms with E-state index in [9.17, 15) is 9.59 Å². The van der Waals surface area contributed by atoms with Crippen LogP contribution in [0.2, 0.25) is 0 Å². The Bertz CT molecular complexity index is 241. The van der Waals surface area contributed by atoms with E-state index in [1.165, 1.54) is 0 Å². The molecular weight excluding hydrogens is 214 g/mol. The van der Waals surface area contributed by atoms with Crippen LogP contribution in [0.15, 0.2) is 0 Å². The van der Waals surface area contributed by atoms with Crippen molar-refractivity contribution >= 4 is 11.7 Å². The van der Waals surface area contributed by atoms with Gasteiger partial charge in [0.25, 0.3) is 0 Å². The van der Waals surface area contributed by atoms with Crippen LogP contribution in [0.1, 0.15) is 66.2 Å². The third kappa shape index (κ3) is 8.90. The number of hydrogen-bond donors (Lipinski definition) is 1. The average molecular weight is 241 g/mol. The van der Waals surface area contributed by atoms with Crippen LogP contribution < -0.4 is 5.32 Å². The third-order valence-electron chi connectivity index (χ3n) is 2.77. The zero-order valence-electron chi connectivity index (χ0n) is 11.8. The van der Waals surface area contributed by atoms with Crippen molar-refractivity contribution < 1.29 is 9.59 Å². The van der Waals surface area contributed by atoms with E-state index in [2.05, 4.69) is 5.32 Å². The van der Waals surface area contributed by atoms with Gasteiger partial charge in [0, 0.05) is 24.8 Å². The second kappa shape index (κ2) is 8.26. The lowest BCUT2D eigenvalue weighted by Crippen LogP contribution is -2.22. The number of nitrogens with one attached hydrogen (secondary N) is 1. The summed E-state index contributed by atoms with van der Waals surface area (Å²) in [5, 5.41) is 2.78. The Kier molecular flexibility index (Phi) is 7.85. The largest absolute Gasteiger partial charge is 0.356 e. The van der Waals surface area contributed by atoms with Crippen molar-refractivity contribution in [1.82, 2.24) is 5.32 Å². The zero-order valence-corrected chi connectivity index (χ0v) is 11.8. The zero-order chi connectivity index (χ0) is 13.3. The Balaban J connectivity index is 3.42. The van der Waals surface area contributed by atoms with E-state index in [1.54, 1.807) is 0 Å². The third-order valence-corrected chi connectivity index (χ3v) is 2.77. The molecule has 0 bridgehead atoms. The molecule has 100 valence electrons. The number of ketones is 1. The molecule has 0 spiro atoms. The number of hydrogen-bond acceptors (Lipinski definition) is 2. The molecule has 3 nitrogen and oxygen atoms in total. The molecular formula is C14H27NO2. The quantitative estimate of drug-likeness (QED) is 0.664. The van der Waals surface area contributed by atoms with Crippen molar-refractivity contribution in [3.05, 3.63) is 0 Å². The molecule has 0 aliphatic rings. The number of carbonyl (C=O) groups excluding carboxylic acids is 2. The summed E-state index contributed by atoms with van der Waals surface area (Å²) in [6, 6.07) is 0. The summed E-state index contributed by atoms with van der Waals surface area (Å²) in [5.41, 5.74) is -0.207. The maximum Gasteiger partial charge on any atom is 0.219 e. The van der Waals surface area contributed by atoms with Crippen LogP contribution in [-0.2, 0) is 9.59 Å². The molecule has 17 heavy (non-hydrogen) atoms. The van der Waals surface area contributed by atoms with Gasteiger partial charge in [0.2, 0.25) is 5.91 Å². The lowest BCUT2D eigenvalue weighted by atomic mass is 9.88. The summed E-state index contributed by atoms with van der Waals surface area (Å²) < 4.78 is 0. The number of amides is 1. The molecule has 0 unspecified atom stereocenters. The van der Waals surface area contributed by atoms with Crippen molar-refractivity contribution in [2.45, 2.75) is 66.2 Å². The molecule has 0 aromatic carbocycles. The van der Waals surface area contributed by atoms with Gasteiger partial charge in [-0.3, -0.25) is 9.59 Å². The summed E-state index contributed by atoms with van der Waals surface area (Å²) in [5.74, 6) is 0.472. The van der Waals surface area contributed by atoms with E-state index in [1.807, 2.05) is 27.7 Å². The molecule has 0 saturated carbocycles. The second-order valence-corrected chi connectivity index (χ2v) is 5.54. The van der Waals surface area contributed by atoms with Gasteiger partial charge in [-0.05, 0) is 19.8 Å². The number of unbranched alkanes of at least 4 members (excludes halogenated alkanes) is 3. The van der Waals surface area contributed by atoms with Crippen LogP contribution in [0.5, 0.6) is 0 Å². The van der Waals surface area contributed by atoms with Gasteiger partial charge in [0.1, 0.15) is 5.78 Å². The maximum atomic E-state index is 11.6. The molecule has 0 saturated heterocycles. The lowest BCUT2D eigenvalue weighted by Gasteiger charge is -2.16. The molecule has 0 radical (unpaired) electrons. The van der Waals surface area contributed by atoms with Crippen LogP contribution in [-0.4, -0.2) is 18.2 Å². The smallest absolute Gasteiger partial charge is 0.219 e. The Morgan fingerprint density at radius 3 is 1.94 bits per heavy atom. The van der Waals surface area contributed by atoms with Gasteiger partial charge in [-0.15, -0.1) is 0 Å². The van der Waals surface area contributed by atoms with Crippen LogP contribution in [0.4, 0.5) is 0 Å². The van der Waals surface area contributed by atoms with Crippen molar-refractivity contribution in [3.63, 3.8) is 0 Å². The first-order chi connectivity index (χ1) is 7.88. The molecule has 0 heterocycles. The molecule has 1 N–H and O–H groups in total. The van der Waals surface area contributed by atoms with Crippen LogP contribution in [0.3, 0.4) is 0 Å². The average Bonchev–Trinajstić information content (AvgIpc) is 2.21. The minimum absolute atomic E-state index is 0.137. The fourth-order valence-corrected chi connectivity index (χ4v) is 1.59. The Morgan fingerprint density at radius 1 is 0.941 bits per heavy atom. The van der Waals surface area contributed by atoms with E-state index in [4.69, 9.17) is 0 Å². The fourth-order valence-electron chi connectivity index (χ4n) is 1.59. The van der Waals surface area contributed by atoms with Gasteiger partial charge in [-0.25, -0.2) is 0 Å². The van der Waals surface area contributed by atoms with E-state index in [0.717, 1.165) is 25.7 Å². The Hall–Kier alpha value is -0.860. The molecule has 0 rings (SSSR count). The predicted molar refractivity (Wildman–Crippen MR) is 70.8 cm³/mol. The normalized spacial score (nSPS) is 11.3.